The number of halogens is 1. The second kappa shape index (κ2) is 11.0. The fourth-order valence-electron chi connectivity index (χ4n) is 4.67. The van der Waals surface area contributed by atoms with Crippen LogP contribution in [0.1, 0.15) is 33.5 Å². The van der Waals surface area contributed by atoms with Crippen molar-refractivity contribution in [1.29, 1.82) is 0 Å². The van der Waals surface area contributed by atoms with Gasteiger partial charge in [-0.15, -0.1) is 0 Å². The van der Waals surface area contributed by atoms with Gasteiger partial charge in [0.25, 0.3) is 11.5 Å². The van der Waals surface area contributed by atoms with Crippen molar-refractivity contribution in [2.24, 2.45) is 0 Å². The van der Waals surface area contributed by atoms with E-state index in [-0.39, 0.29) is 23.3 Å². The second-order valence-corrected chi connectivity index (χ2v) is 9.87. The number of nitrogens with one attached hydrogen (secondary N) is 1. The number of rotatable bonds is 8. The monoisotopic (exact) mass is 516 g/mol. The maximum Gasteiger partial charge on any atom is 0.256 e. The van der Waals surface area contributed by atoms with E-state index in [1.165, 1.54) is 0 Å². The van der Waals surface area contributed by atoms with E-state index in [0.29, 0.717) is 18.7 Å². The number of likely N-dealkylation sites (tertiary alicyclic amines) is 1. The molecule has 0 bridgehead atoms. The molecule has 0 radical (unpaired) electrons. The third kappa shape index (κ3) is 6.28. The highest BCUT2D eigenvalue weighted by molar-refractivity contribution is 6.30. The van der Waals surface area contributed by atoms with Gasteiger partial charge in [0.05, 0.1) is 13.1 Å². The summed E-state index contributed by atoms with van der Waals surface area (Å²) in [7, 11) is 0. The Labute approximate surface area is 220 Å². The first-order chi connectivity index (χ1) is 17.9. The highest BCUT2D eigenvalue weighted by Crippen LogP contribution is 2.18. The largest absolute Gasteiger partial charge is 0.382 e. The molecule has 0 saturated carbocycles. The van der Waals surface area contributed by atoms with Gasteiger partial charge in [-0.3, -0.25) is 19.2 Å². The molecule has 5 rings (SSSR count). The lowest BCUT2D eigenvalue weighted by atomic mass is 10.1. The van der Waals surface area contributed by atoms with Crippen LogP contribution in [-0.4, -0.2) is 44.3 Å². The molecule has 2 aromatic heterocycles. The van der Waals surface area contributed by atoms with Crippen LogP contribution in [0.3, 0.4) is 0 Å². The molecule has 1 fully saturated rings. The first-order valence-electron chi connectivity index (χ1n) is 12.3. The molecule has 37 heavy (non-hydrogen) atoms. The minimum atomic E-state index is -0.206. The number of aromatic nitrogens is 3. The molecule has 8 nitrogen and oxygen atoms in total. The van der Waals surface area contributed by atoms with Crippen molar-refractivity contribution in [2.45, 2.75) is 32.1 Å². The van der Waals surface area contributed by atoms with Crippen molar-refractivity contribution >= 4 is 23.3 Å². The maximum atomic E-state index is 12.9. The number of nitrogens with two attached hydrogens (primary N) is 1. The van der Waals surface area contributed by atoms with Gasteiger partial charge in [-0.2, -0.15) is 5.10 Å². The molecule has 1 aliphatic heterocycles. The van der Waals surface area contributed by atoms with Crippen LogP contribution >= 0.6 is 11.6 Å². The SMILES string of the molecule is Nc1nn(Cc2ccc(Cn3ccccc3=O)cc2)cc1C(=O)N[C@@H]1CCN(Cc2cccc(Cl)c2)C1. The summed E-state index contributed by atoms with van der Waals surface area (Å²) in [5.74, 6) is 0.00774. The Morgan fingerprint density at radius 2 is 1.78 bits per heavy atom. The summed E-state index contributed by atoms with van der Waals surface area (Å²) in [5.41, 5.74) is 9.65. The molecule has 0 spiro atoms. The van der Waals surface area contributed by atoms with Crippen LogP contribution in [0.4, 0.5) is 5.82 Å². The number of hydrogen-bond donors (Lipinski definition) is 2. The van der Waals surface area contributed by atoms with Gasteiger partial charge in [-0.25, -0.2) is 0 Å². The lowest BCUT2D eigenvalue weighted by Gasteiger charge is -2.17. The van der Waals surface area contributed by atoms with E-state index in [4.69, 9.17) is 17.3 Å². The van der Waals surface area contributed by atoms with Gasteiger partial charge in [0, 0.05) is 49.2 Å². The average molecular weight is 517 g/mol. The Bertz CT molecular complexity index is 1450. The van der Waals surface area contributed by atoms with Crippen molar-refractivity contribution in [2.75, 3.05) is 18.8 Å². The molecular formula is C28H29ClN6O2. The standard InChI is InChI=1S/C28H29ClN6O2/c29-23-5-3-4-22(14-23)15-33-13-11-24(18-33)31-28(37)25-19-35(32-27(25)30)17-21-9-7-20(8-10-21)16-34-12-2-1-6-26(34)36/h1-10,12,14,19,24H,11,13,15-18H2,(H2,30,32)(H,31,37)/t24-/m1/s1. The molecule has 3 N–H and O–H groups in total. The highest BCUT2D eigenvalue weighted by Gasteiger charge is 2.25. The molecule has 1 saturated heterocycles. The van der Waals surface area contributed by atoms with Crippen LogP contribution in [0.15, 0.2) is 83.9 Å². The first-order valence-corrected chi connectivity index (χ1v) is 12.6. The molecule has 190 valence electrons. The maximum absolute atomic E-state index is 12.9. The van der Waals surface area contributed by atoms with E-state index < -0.39 is 0 Å². The molecule has 0 aliphatic carbocycles. The number of pyridine rings is 1. The van der Waals surface area contributed by atoms with Crippen LogP contribution in [0.5, 0.6) is 0 Å². The summed E-state index contributed by atoms with van der Waals surface area (Å²) in [5, 5.41) is 8.19. The summed E-state index contributed by atoms with van der Waals surface area (Å²) in [6.45, 7) is 3.47. The summed E-state index contributed by atoms with van der Waals surface area (Å²) in [6, 6.07) is 21.0. The van der Waals surface area contributed by atoms with Crippen LogP contribution in [0.25, 0.3) is 0 Å². The van der Waals surface area contributed by atoms with Crippen LogP contribution in [-0.2, 0) is 19.6 Å². The molecule has 1 atom stereocenters. The van der Waals surface area contributed by atoms with Crippen molar-refractivity contribution in [3.8, 4) is 0 Å². The Hall–Kier alpha value is -3.88. The summed E-state index contributed by atoms with van der Waals surface area (Å²) < 4.78 is 3.34. The Morgan fingerprint density at radius 3 is 2.54 bits per heavy atom. The molecule has 1 amide bonds. The summed E-state index contributed by atoms with van der Waals surface area (Å²) >= 11 is 6.10. The van der Waals surface area contributed by atoms with Gasteiger partial charge in [0.15, 0.2) is 5.82 Å². The van der Waals surface area contributed by atoms with Gasteiger partial charge >= 0.3 is 0 Å². The quantitative estimate of drug-likeness (QED) is 0.374. The molecule has 0 unspecified atom stereocenters. The van der Waals surface area contributed by atoms with E-state index in [9.17, 15) is 9.59 Å². The number of carbonyl (C=O) groups is 1. The van der Waals surface area contributed by atoms with E-state index in [1.54, 1.807) is 33.8 Å². The Morgan fingerprint density at radius 1 is 1.00 bits per heavy atom. The van der Waals surface area contributed by atoms with Crippen molar-refractivity contribution in [1.82, 2.24) is 24.6 Å². The summed E-state index contributed by atoms with van der Waals surface area (Å²) in [4.78, 5) is 27.2. The third-order valence-corrected chi connectivity index (χ3v) is 6.79. The van der Waals surface area contributed by atoms with E-state index >= 15 is 0 Å². The number of nitrogen functional groups attached to an aromatic ring is 1. The fraction of sp³-hybridized carbons (Fsp3) is 0.250. The van der Waals surface area contributed by atoms with Crippen LogP contribution < -0.4 is 16.6 Å². The second-order valence-electron chi connectivity index (χ2n) is 9.43. The molecular weight excluding hydrogens is 488 g/mol. The van der Waals surface area contributed by atoms with E-state index in [1.807, 2.05) is 48.5 Å². The minimum Gasteiger partial charge on any atom is -0.382 e. The number of amides is 1. The first kappa shape index (κ1) is 24.8. The zero-order valence-corrected chi connectivity index (χ0v) is 21.1. The Kier molecular flexibility index (Phi) is 7.39. The third-order valence-electron chi connectivity index (χ3n) is 6.56. The smallest absolute Gasteiger partial charge is 0.256 e. The van der Waals surface area contributed by atoms with Gasteiger partial charge in [0.1, 0.15) is 5.56 Å². The zero-order valence-electron chi connectivity index (χ0n) is 20.4. The van der Waals surface area contributed by atoms with Gasteiger partial charge < -0.3 is 15.6 Å². The van der Waals surface area contributed by atoms with Crippen molar-refractivity contribution in [3.05, 3.63) is 117 Å². The lowest BCUT2D eigenvalue weighted by Crippen LogP contribution is -2.37. The van der Waals surface area contributed by atoms with Crippen molar-refractivity contribution < 1.29 is 4.79 Å². The normalized spacial score (nSPS) is 15.6. The van der Waals surface area contributed by atoms with Gasteiger partial charge in [-0.05, 0) is 41.3 Å². The Balaban J connectivity index is 1.16. The minimum absolute atomic E-state index is 0.0316. The molecule has 4 aromatic rings. The number of carbonyl (C=O) groups excluding carboxylic acids is 1. The van der Waals surface area contributed by atoms with E-state index in [2.05, 4.69) is 21.4 Å². The molecule has 3 heterocycles. The molecule has 9 heteroatoms. The predicted octanol–water partition coefficient (Wildman–Crippen LogP) is 3.38. The van der Waals surface area contributed by atoms with Crippen molar-refractivity contribution in [3.63, 3.8) is 0 Å². The predicted molar refractivity (Wildman–Crippen MR) is 145 cm³/mol. The number of hydrogen-bond acceptors (Lipinski definition) is 5. The highest BCUT2D eigenvalue weighted by atomic mass is 35.5. The number of benzene rings is 2. The van der Waals surface area contributed by atoms with Crippen LogP contribution in [0, 0.1) is 0 Å². The fourth-order valence-corrected chi connectivity index (χ4v) is 4.88. The van der Waals surface area contributed by atoms with Gasteiger partial charge in [0.2, 0.25) is 0 Å². The number of nitrogens with zero attached hydrogens (tertiary/aromatic N) is 4. The number of anilines is 1. The average Bonchev–Trinajstić information content (AvgIpc) is 3.47. The lowest BCUT2D eigenvalue weighted by molar-refractivity contribution is 0.0938. The van der Waals surface area contributed by atoms with Crippen LogP contribution in [0.2, 0.25) is 5.02 Å². The summed E-state index contributed by atoms with van der Waals surface area (Å²) in [6.07, 6.45) is 4.35. The topological polar surface area (TPSA) is 98.2 Å². The molecule has 1 aliphatic rings. The van der Waals surface area contributed by atoms with E-state index in [0.717, 1.165) is 47.8 Å². The zero-order chi connectivity index (χ0) is 25.8. The molecule has 2 aromatic carbocycles. The van der Waals surface area contributed by atoms with Gasteiger partial charge in [-0.1, -0.05) is 54.1 Å².